The van der Waals surface area contributed by atoms with Crippen LogP contribution in [-0.4, -0.2) is 35.8 Å². The fourth-order valence-corrected chi connectivity index (χ4v) is 2.72. The number of nitrogens with zero attached hydrogens (tertiary/aromatic N) is 2. The van der Waals surface area contributed by atoms with Crippen molar-refractivity contribution in [3.8, 4) is 0 Å². The van der Waals surface area contributed by atoms with Crippen molar-refractivity contribution in [2.24, 2.45) is 0 Å². The Morgan fingerprint density at radius 3 is 2.95 bits per heavy atom. The molecule has 1 aromatic rings. The molecule has 0 saturated carbocycles. The summed E-state index contributed by atoms with van der Waals surface area (Å²) in [7, 11) is 0. The summed E-state index contributed by atoms with van der Waals surface area (Å²) in [4.78, 5) is 18.0. The number of nitrogen functional groups attached to an aromatic ring is 1. The summed E-state index contributed by atoms with van der Waals surface area (Å²) in [5.74, 6) is 0.483. The summed E-state index contributed by atoms with van der Waals surface area (Å²) in [5, 5.41) is 2.90. The van der Waals surface area contributed by atoms with Crippen LogP contribution in [0.2, 0.25) is 0 Å². The van der Waals surface area contributed by atoms with Crippen molar-refractivity contribution < 1.29 is 9.53 Å². The Kier molecular flexibility index (Phi) is 4.61. The second-order valence-electron chi connectivity index (χ2n) is 6.14. The highest BCUT2D eigenvalue weighted by molar-refractivity contribution is 9.10. The molecule has 1 aromatic heterocycles. The van der Waals surface area contributed by atoms with E-state index in [9.17, 15) is 4.79 Å². The van der Waals surface area contributed by atoms with Gasteiger partial charge in [-0.1, -0.05) is 0 Å². The Morgan fingerprint density at radius 2 is 2.29 bits per heavy atom. The molecule has 0 spiro atoms. The number of alkyl carbamates (subject to hydrolysis) is 1. The third-order valence-electron chi connectivity index (χ3n) is 3.11. The van der Waals surface area contributed by atoms with E-state index in [0.717, 1.165) is 29.7 Å². The molecule has 2 rings (SSSR count). The van der Waals surface area contributed by atoms with Crippen molar-refractivity contribution in [2.45, 2.75) is 38.8 Å². The Balaban J connectivity index is 1.95. The minimum atomic E-state index is -0.481. The SMILES string of the molecule is CC(C)(C)OC(=O)NC1CCN(c2cc(N)ncc2Br)C1. The quantitative estimate of drug-likeness (QED) is 0.850. The maximum absolute atomic E-state index is 11.8. The molecule has 2 heterocycles. The van der Waals surface area contributed by atoms with Crippen LogP contribution in [-0.2, 0) is 4.74 Å². The molecule has 0 aromatic carbocycles. The standard InChI is InChI=1S/C14H21BrN4O2/c1-14(2,3)21-13(20)18-9-4-5-19(8-9)11-6-12(16)17-7-10(11)15/h6-7,9H,4-5,8H2,1-3H3,(H2,16,17)(H,18,20). The average Bonchev–Trinajstić information content (AvgIpc) is 2.78. The Labute approximate surface area is 133 Å². The molecule has 1 amide bonds. The predicted octanol–water partition coefficient (Wildman–Crippen LogP) is 2.53. The summed E-state index contributed by atoms with van der Waals surface area (Å²) in [6, 6.07) is 1.90. The van der Waals surface area contributed by atoms with Crippen LogP contribution < -0.4 is 16.0 Å². The van der Waals surface area contributed by atoms with Crippen molar-refractivity contribution >= 4 is 33.5 Å². The Morgan fingerprint density at radius 1 is 1.57 bits per heavy atom. The number of halogens is 1. The topological polar surface area (TPSA) is 80.5 Å². The van der Waals surface area contributed by atoms with Crippen LogP contribution in [0.25, 0.3) is 0 Å². The number of nitrogens with one attached hydrogen (secondary N) is 1. The van der Waals surface area contributed by atoms with E-state index in [2.05, 4.69) is 31.1 Å². The second kappa shape index (κ2) is 6.09. The van der Waals surface area contributed by atoms with Gasteiger partial charge in [-0.2, -0.15) is 0 Å². The van der Waals surface area contributed by atoms with Gasteiger partial charge in [0.25, 0.3) is 0 Å². The van der Waals surface area contributed by atoms with Crippen LogP contribution in [0.4, 0.5) is 16.3 Å². The lowest BCUT2D eigenvalue weighted by atomic mass is 10.2. The highest BCUT2D eigenvalue weighted by Gasteiger charge is 2.27. The molecule has 0 bridgehead atoms. The normalized spacial score (nSPS) is 18.7. The highest BCUT2D eigenvalue weighted by Crippen LogP contribution is 2.29. The van der Waals surface area contributed by atoms with Gasteiger partial charge < -0.3 is 20.7 Å². The van der Waals surface area contributed by atoms with Crippen LogP contribution >= 0.6 is 15.9 Å². The zero-order valence-corrected chi connectivity index (χ0v) is 14.1. The molecule has 6 nitrogen and oxygen atoms in total. The van der Waals surface area contributed by atoms with Gasteiger partial charge in [0.1, 0.15) is 11.4 Å². The number of aromatic nitrogens is 1. The molecule has 0 aliphatic carbocycles. The number of hydrogen-bond donors (Lipinski definition) is 2. The number of nitrogens with two attached hydrogens (primary N) is 1. The zero-order valence-electron chi connectivity index (χ0n) is 12.5. The van der Waals surface area contributed by atoms with Gasteiger partial charge in [0.2, 0.25) is 0 Å². The number of anilines is 2. The van der Waals surface area contributed by atoms with Gasteiger partial charge >= 0.3 is 6.09 Å². The number of carbonyl (C=O) groups is 1. The van der Waals surface area contributed by atoms with E-state index in [0.29, 0.717) is 5.82 Å². The van der Waals surface area contributed by atoms with E-state index in [4.69, 9.17) is 10.5 Å². The maximum atomic E-state index is 11.8. The first-order valence-electron chi connectivity index (χ1n) is 6.90. The average molecular weight is 357 g/mol. The van der Waals surface area contributed by atoms with Gasteiger partial charge in [0.05, 0.1) is 16.2 Å². The second-order valence-corrected chi connectivity index (χ2v) is 6.99. The fraction of sp³-hybridized carbons (Fsp3) is 0.571. The molecular formula is C14H21BrN4O2. The third-order valence-corrected chi connectivity index (χ3v) is 3.72. The molecule has 3 N–H and O–H groups in total. The molecule has 1 fully saturated rings. The van der Waals surface area contributed by atoms with Gasteiger partial charge in [-0.15, -0.1) is 0 Å². The molecular weight excluding hydrogens is 336 g/mol. The van der Waals surface area contributed by atoms with Crippen molar-refractivity contribution in [2.75, 3.05) is 23.7 Å². The van der Waals surface area contributed by atoms with Crippen LogP contribution in [0.3, 0.4) is 0 Å². The molecule has 1 aliphatic heterocycles. The molecule has 0 radical (unpaired) electrons. The summed E-state index contributed by atoms with van der Waals surface area (Å²) in [6.07, 6.45) is 2.19. The van der Waals surface area contributed by atoms with Crippen LogP contribution in [0.15, 0.2) is 16.7 Å². The first-order valence-corrected chi connectivity index (χ1v) is 7.69. The number of pyridine rings is 1. The number of amides is 1. The first-order chi connectivity index (χ1) is 9.74. The number of ether oxygens (including phenoxy) is 1. The van der Waals surface area contributed by atoms with Crippen molar-refractivity contribution in [1.29, 1.82) is 0 Å². The van der Waals surface area contributed by atoms with Crippen LogP contribution in [0.1, 0.15) is 27.2 Å². The van der Waals surface area contributed by atoms with Gasteiger partial charge in [-0.05, 0) is 43.1 Å². The van der Waals surface area contributed by atoms with Gasteiger partial charge in [-0.25, -0.2) is 9.78 Å². The van der Waals surface area contributed by atoms with E-state index >= 15 is 0 Å². The molecule has 21 heavy (non-hydrogen) atoms. The number of hydrogen-bond acceptors (Lipinski definition) is 5. The summed E-state index contributed by atoms with van der Waals surface area (Å²) < 4.78 is 6.17. The molecule has 1 aliphatic rings. The Hall–Kier alpha value is -1.50. The lowest BCUT2D eigenvalue weighted by Gasteiger charge is -2.23. The van der Waals surface area contributed by atoms with E-state index in [1.165, 1.54) is 0 Å². The Bertz CT molecular complexity index is 530. The van der Waals surface area contributed by atoms with E-state index in [1.54, 1.807) is 6.20 Å². The van der Waals surface area contributed by atoms with Gasteiger partial charge in [-0.3, -0.25) is 0 Å². The fourth-order valence-electron chi connectivity index (χ4n) is 2.26. The highest BCUT2D eigenvalue weighted by atomic mass is 79.9. The van der Waals surface area contributed by atoms with Gasteiger partial charge in [0, 0.05) is 25.4 Å². The third kappa shape index (κ3) is 4.49. The largest absolute Gasteiger partial charge is 0.444 e. The number of carbonyl (C=O) groups excluding carboxylic acids is 1. The summed E-state index contributed by atoms with van der Waals surface area (Å²) in [5.41, 5.74) is 6.25. The molecule has 7 heteroatoms. The van der Waals surface area contributed by atoms with Crippen molar-refractivity contribution in [3.63, 3.8) is 0 Å². The van der Waals surface area contributed by atoms with Gasteiger partial charge in [0.15, 0.2) is 0 Å². The maximum Gasteiger partial charge on any atom is 0.407 e. The molecule has 116 valence electrons. The van der Waals surface area contributed by atoms with E-state index in [1.807, 2.05) is 26.8 Å². The monoisotopic (exact) mass is 356 g/mol. The first kappa shape index (κ1) is 15.9. The zero-order chi connectivity index (χ0) is 15.6. The number of rotatable bonds is 2. The smallest absolute Gasteiger partial charge is 0.407 e. The molecule has 1 saturated heterocycles. The summed E-state index contributed by atoms with van der Waals surface area (Å²) in [6.45, 7) is 7.13. The minimum absolute atomic E-state index is 0.0705. The van der Waals surface area contributed by atoms with E-state index in [-0.39, 0.29) is 12.1 Å². The lowest BCUT2D eigenvalue weighted by Crippen LogP contribution is -2.40. The molecule has 1 atom stereocenters. The minimum Gasteiger partial charge on any atom is -0.444 e. The predicted molar refractivity (Wildman–Crippen MR) is 86.3 cm³/mol. The summed E-state index contributed by atoms with van der Waals surface area (Å²) >= 11 is 3.48. The van der Waals surface area contributed by atoms with E-state index < -0.39 is 5.60 Å². The molecule has 1 unspecified atom stereocenters. The van der Waals surface area contributed by atoms with Crippen LogP contribution in [0.5, 0.6) is 0 Å². The van der Waals surface area contributed by atoms with Crippen LogP contribution in [0, 0.1) is 0 Å². The van der Waals surface area contributed by atoms with Crippen molar-refractivity contribution in [1.82, 2.24) is 10.3 Å². The van der Waals surface area contributed by atoms with Crippen molar-refractivity contribution in [3.05, 3.63) is 16.7 Å². The lowest BCUT2D eigenvalue weighted by molar-refractivity contribution is 0.0509.